The average Bonchev–Trinajstić information content (AvgIpc) is 3.65. The van der Waals surface area contributed by atoms with Gasteiger partial charge in [0.05, 0.1) is 12.0 Å². The van der Waals surface area contributed by atoms with Crippen molar-refractivity contribution in [3.63, 3.8) is 0 Å². The molecule has 7 heteroatoms. The van der Waals surface area contributed by atoms with Gasteiger partial charge in [-0.2, -0.15) is 0 Å². The normalized spacial score (nSPS) is 25.0. The Morgan fingerprint density at radius 3 is 2.42 bits per heavy atom. The maximum absolute atomic E-state index is 11.3. The summed E-state index contributed by atoms with van der Waals surface area (Å²) in [6, 6.07) is 13.2. The van der Waals surface area contributed by atoms with E-state index in [0.29, 0.717) is 18.4 Å². The lowest BCUT2D eigenvalue weighted by atomic mass is 9.90. The Labute approximate surface area is 236 Å². The molecule has 1 aliphatic carbocycles. The number of ether oxygens (including phenoxy) is 4. The van der Waals surface area contributed by atoms with E-state index in [2.05, 4.69) is 33.9 Å². The van der Waals surface area contributed by atoms with Gasteiger partial charge in [0.15, 0.2) is 0 Å². The first-order chi connectivity index (χ1) is 19.0. The van der Waals surface area contributed by atoms with Crippen LogP contribution in [0.2, 0.25) is 0 Å². The topological polar surface area (TPSA) is 91.3 Å². The lowest BCUT2D eigenvalue weighted by Gasteiger charge is -2.24. The van der Waals surface area contributed by atoms with Crippen molar-refractivity contribution in [3.05, 3.63) is 84.3 Å². The van der Waals surface area contributed by atoms with Gasteiger partial charge in [0.2, 0.25) is 0 Å². The predicted octanol–water partition coefficient (Wildman–Crippen LogP) is 5.78. The minimum Gasteiger partial charge on any atom is -0.508 e. The van der Waals surface area contributed by atoms with E-state index >= 15 is 0 Å². The summed E-state index contributed by atoms with van der Waals surface area (Å²) >= 11 is 0. The van der Waals surface area contributed by atoms with Crippen LogP contribution < -0.4 is 4.74 Å². The lowest BCUT2D eigenvalue weighted by molar-refractivity contribution is -0.144. The second-order valence-corrected chi connectivity index (χ2v) is 11.2. The number of phenolic OH excluding ortho intramolecular Hbond substituents is 1. The molecule has 0 saturated carbocycles. The Morgan fingerprint density at radius 2 is 1.85 bits per heavy atom. The SMILES string of the molecule is C=C(C)C(=O)OC1Cc2ccc(O)cc2C1.C=Cc1ccc(OC(C)(C)CC)cc1.O=C1OC2[CH]C3CC1C2O3. The Hall–Kier alpha value is -3.58. The van der Waals surface area contributed by atoms with Crippen molar-refractivity contribution < 1.29 is 33.6 Å². The summed E-state index contributed by atoms with van der Waals surface area (Å²) in [6.07, 6.45) is 7.18. The number of carbonyl (C=O) groups excluding carboxylic acids is 2. The first-order valence-corrected chi connectivity index (χ1v) is 13.8. The maximum Gasteiger partial charge on any atom is 0.333 e. The van der Waals surface area contributed by atoms with Crippen molar-refractivity contribution in [2.24, 2.45) is 5.92 Å². The second kappa shape index (κ2) is 12.3. The van der Waals surface area contributed by atoms with Crippen LogP contribution in [0.3, 0.4) is 0 Å². The number of fused-ring (bicyclic) bond motifs is 2. The first-order valence-electron chi connectivity index (χ1n) is 13.8. The number of hydrogen-bond acceptors (Lipinski definition) is 7. The van der Waals surface area contributed by atoms with Gasteiger partial charge in [-0.3, -0.25) is 4.79 Å². The van der Waals surface area contributed by atoms with Crippen LogP contribution in [0.5, 0.6) is 11.5 Å². The molecule has 4 aliphatic rings. The van der Waals surface area contributed by atoms with Gasteiger partial charge >= 0.3 is 11.9 Å². The smallest absolute Gasteiger partial charge is 0.333 e. The van der Waals surface area contributed by atoms with Gasteiger partial charge in [-0.05, 0) is 74.6 Å². The summed E-state index contributed by atoms with van der Waals surface area (Å²) in [5, 5.41) is 9.33. The molecule has 7 nitrogen and oxygen atoms in total. The third-order valence-electron chi connectivity index (χ3n) is 7.57. The van der Waals surface area contributed by atoms with E-state index in [-0.39, 0.29) is 53.6 Å². The van der Waals surface area contributed by atoms with Crippen molar-refractivity contribution in [3.8, 4) is 11.5 Å². The molecule has 40 heavy (non-hydrogen) atoms. The lowest BCUT2D eigenvalue weighted by Crippen LogP contribution is -2.26. The zero-order chi connectivity index (χ0) is 29.0. The third-order valence-corrected chi connectivity index (χ3v) is 7.57. The fraction of sp³-hybridized carbons (Fsp3) is 0.424. The van der Waals surface area contributed by atoms with Crippen molar-refractivity contribution >= 4 is 18.0 Å². The molecule has 5 unspecified atom stereocenters. The van der Waals surface area contributed by atoms with Crippen molar-refractivity contribution in [2.45, 2.75) is 83.4 Å². The number of carbonyl (C=O) groups is 2. The molecule has 0 aromatic heterocycles. The van der Waals surface area contributed by atoms with Crippen LogP contribution in [0.15, 0.2) is 61.2 Å². The number of hydrogen-bond donors (Lipinski definition) is 1. The van der Waals surface area contributed by atoms with Gasteiger partial charge in [0.25, 0.3) is 0 Å². The first kappa shape index (κ1) is 29.4. The third kappa shape index (κ3) is 7.13. The monoisotopic (exact) mass is 547 g/mol. The van der Waals surface area contributed by atoms with Crippen LogP contribution in [0.1, 0.15) is 57.2 Å². The molecule has 2 aromatic carbocycles. The van der Waals surface area contributed by atoms with Crippen LogP contribution in [0.4, 0.5) is 0 Å². The van der Waals surface area contributed by atoms with Crippen LogP contribution >= 0.6 is 0 Å². The van der Waals surface area contributed by atoms with Crippen molar-refractivity contribution in [1.82, 2.24) is 0 Å². The van der Waals surface area contributed by atoms with Crippen LogP contribution in [-0.2, 0) is 36.6 Å². The summed E-state index contributed by atoms with van der Waals surface area (Å²) in [5.74, 6) is 0.821. The summed E-state index contributed by atoms with van der Waals surface area (Å²) < 4.78 is 21.5. The Kier molecular flexibility index (Phi) is 9.04. The molecule has 3 heterocycles. The zero-order valence-corrected chi connectivity index (χ0v) is 23.7. The molecule has 6 rings (SSSR count). The molecular formula is C33H39O7. The standard InChI is InChI=1S/C13H14O3.C13H18O.C7H7O3/c1-8(2)13(15)16-12-6-9-3-4-11(14)5-10(9)7-12;1-5-11-7-9-12(10-8-11)14-13(3,4)6-2;8-7-4-1-3-2-5(10-7)6(4)9-3/h3-5,12,14H,1,6-7H2,2H3;5,7-10H,1,6H2,2-4H3;2-6H,1H2. The number of benzene rings is 2. The largest absolute Gasteiger partial charge is 0.508 e. The number of phenols is 1. The molecule has 1 N–H and O–H groups in total. The van der Waals surface area contributed by atoms with Gasteiger partial charge in [0.1, 0.15) is 35.4 Å². The van der Waals surface area contributed by atoms with Gasteiger partial charge in [-0.1, -0.05) is 44.4 Å². The predicted molar refractivity (Wildman–Crippen MR) is 153 cm³/mol. The number of rotatable bonds is 6. The summed E-state index contributed by atoms with van der Waals surface area (Å²) in [5.41, 5.74) is 3.64. The fourth-order valence-electron chi connectivity index (χ4n) is 5.01. The van der Waals surface area contributed by atoms with E-state index in [4.69, 9.17) is 18.9 Å². The molecule has 1 radical (unpaired) electrons. The molecule has 0 amide bonds. The fourth-order valence-corrected chi connectivity index (χ4v) is 5.01. The molecule has 2 aromatic rings. The highest BCUT2D eigenvalue weighted by Gasteiger charge is 2.58. The van der Waals surface area contributed by atoms with Gasteiger partial charge in [-0.25, -0.2) is 4.79 Å². The highest BCUT2D eigenvalue weighted by atomic mass is 16.6. The van der Waals surface area contributed by atoms with E-state index in [1.807, 2.05) is 42.8 Å². The highest BCUT2D eigenvalue weighted by Crippen LogP contribution is 2.45. The minimum atomic E-state index is -0.345. The van der Waals surface area contributed by atoms with Crippen LogP contribution in [0, 0.1) is 12.3 Å². The average molecular weight is 548 g/mol. The zero-order valence-electron chi connectivity index (χ0n) is 23.7. The van der Waals surface area contributed by atoms with Crippen LogP contribution in [0.25, 0.3) is 6.08 Å². The Bertz CT molecular complexity index is 1240. The van der Waals surface area contributed by atoms with E-state index in [1.165, 1.54) is 0 Å². The van der Waals surface area contributed by atoms with E-state index in [1.54, 1.807) is 19.1 Å². The Balaban J connectivity index is 0.000000142. The van der Waals surface area contributed by atoms with E-state index < -0.39 is 0 Å². The molecule has 5 atom stereocenters. The van der Waals surface area contributed by atoms with Crippen molar-refractivity contribution in [1.29, 1.82) is 0 Å². The van der Waals surface area contributed by atoms with E-state index in [0.717, 1.165) is 35.3 Å². The Morgan fingerprint density at radius 1 is 1.15 bits per heavy atom. The molecule has 3 aliphatic heterocycles. The van der Waals surface area contributed by atoms with E-state index in [9.17, 15) is 14.7 Å². The molecule has 3 saturated heterocycles. The molecule has 213 valence electrons. The molecule has 3 fully saturated rings. The molecule has 2 bridgehead atoms. The van der Waals surface area contributed by atoms with Gasteiger partial charge in [-0.15, -0.1) is 0 Å². The summed E-state index contributed by atoms with van der Waals surface area (Å²) in [4.78, 5) is 22.3. The number of esters is 2. The highest BCUT2D eigenvalue weighted by molar-refractivity contribution is 5.87. The molecular weight excluding hydrogens is 508 g/mol. The summed E-state index contributed by atoms with van der Waals surface area (Å²) in [7, 11) is 0. The van der Waals surface area contributed by atoms with Gasteiger partial charge in [0, 0.05) is 24.8 Å². The molecule has 0 spiro atoms. The number of aromatic hydroxyl groups is 1. The quantitative estimate of drug-likeness (QED) is 0.362. The summed E-state index contributed by atoms with van der Waals surface area (Å²) in [6.45, 7) is 15.2. The van der Waals surface area contributed by atoms with Gasteiger partial charge < -0.3 is 24.1 Å². The van der Waals surface area contributed by atoms with Crippen molar-refractivity contribution in [2.75, 3.05) is 0 Å². The maximum atomic E-state index is 11.3. The second-order valence-electron chi connectivity index (χ2n) is 11.2. The minimum absolute atomic E-state index is 0.0174. The van der Waals surface area contributed by atoms with Crippen LogP contribution in [-0.4, -0.2) is 47.1 Å².